The smallest absolute Gasteiger partial charge is 0.258 e. The summed E-state index contributed by atoms with van der Waals surface area (Å²) < 4.78 is 0. The summed E-state index contributed by atoms with van der Waals surface area (Å²) in [4.78, 5) is 17.8. The molecular weight excluding hydrogens is 332 g/mol. The molecule has 0 atom stereocenters. The van der Waals surface area contributed by atoms with Crippen molar-refractivity contribution in [3.8, 4) is 0 Å². The molecule has 5 rings (SSSR count). The second kappa shape index (κ2) is 6.65. The second-order valence-electron chi connectivity index (χ2n) is 7.99. The molecule has 0 aromatic heterocycles. The van der Waals surface area contributed by atoms with E-state index >= 15 is 0 Å². The molecule has 0 spiro atoms. The third-order valence-corrected chi connectivity index (χ3v) is 6.60. The predicted molar refractivity (Wildman–Crippen MR) is 110 cm³/mol. The van der Waals surface area contributed by atoms with E-state index in [1.165, 1.54) is 24.0 Å². The maximum Gasteiger partial charge on any atom is 0.258 e. The third-order valence-electron chi connectivity index (χ3n) is 6.60. The molecule has 0 radical (unpaired) electrons. The van der Waals surface area contributed by atoms with Crippen molar-refractivity contribution in [1.82, 2.24) is 4.90 Å². The Morgan fingerprint density at radius 3 is 2.19 bits per heavy atom. The minimum Gasteiger partial charge on any atom is -0.305 e. The van der Waals surface area contributed by atoms with Crippen molar-refractivity contribution in [2.75, 3.05) is 18.0 Å². The molecule has 1 saturated heterocycles. The molecule has 3 heteroatoms. The lowest BCUT2D eigenvalue weighted by molar-refractivity contribution is -0.113. The molecule has 2 heterocycles. The summed E-state index contributed by atoms with van der Waals surface area (Å²) in [6, 6.07) is 18.1. The largest absolute Gasteiger partial charge is 0.305 e. The molecule has 0 N–H and O–H groups in total. The standard InChI is InChI=1S/C24H26N2O/c1-2-21-22-9-5-6-10-23(22)26(24(21)27)19-11-13-25(14-12-19)20-15-17-7-3-4-8-18(17)16-20/h2-10,19-20H,11-16H2,1H3/b21-2-. The first-order valence-corrected chi connectivity index (χ1v) is 10.2. The quantitative estimate of drug-likeness (QED) is 0.756. The zero-order valence-electron chi connectivity index (χ0n) is 15.9. The van der Waals surface area contributed by atoms with E-state index in [-0.39, 0.29) is 5.91 Å². The molecular formula is C24H26N2O. The number of nitrogens with zero attached hydrogens (tertiary/aromatic N) is 2. The number of carbonyl (C=O) groups is 1. The fourth-order valence-corrected chi connectivity index (χ4v) is 5.21. The van der Waals surface area contributed by atoms with Gasteiger partial charge in [-0.25, -0.2) is 0 Å². The number of fused-ring (bicyclic) bond motifs is 2. The number of hydrogen-bond donors (Lipinski definition) is 0. The molecule has 27 heavy (non-hydrogen) atoms. The summed E-state index contributed by atoms with van der Waals surface area (Å²) in [6.45, 7) is 4.13. The van der Waals surface area contributed by atoms with E-state index < -0.39 is 0 Å². The van der Waals surface area contributed by atoms with Gasteiger partial charge in [0.05, 0.1) is 5.69 Å². The highest BCUT2D eigenvalue weighted by molar-refractivity contribution is 6.32. The average Bonchev–Trinajstić information content (AvgIpc) is 3.26. The molecule has 3 aliphatic rings. The highest BCUT2D eigenvalue weighted by Crippen LogP contribution is 2.40. The van der Waals surface area contributed by atoms with Crippen LogP contribution in [0.4, 0.5) is 5.69 Å². The van der Waals surface area contributed by atoms with Crippen molar-refractivity contribution in [3.63, 3.8) is 0 Å². The first-order chi connectivity index (χ1) is 13.3. The Morgan fingerprint density at radius 1 is 0.889 bits per heavy atom. The summed E-state index contributed by atoms with van der Waals surface area (Å²) in [5.74, 6) is 0.186. The Morgan fingerprint density at radius 2 is 1.52 bits per heavy atom. The lowest BCUT2D eigenvalue weighted by Gasteiger charge is -2.39. The molecule has 0 saturated carbocycles. The van der Waals surface area contributed by atoms with Gasteiger partial charge < -0.3 is 4.90 Å². The molecule has 2 aromatic carbocycles. The number of hydrogen-bond acceptors (Lipinski definition) is 2. The van der Waals surface area contributed by atoms with Gasteiger partial charge in [-0.1, -0.05) is 48.5 Å². The van der Waals surface area contributed by atoms with Crippen molar-refractivity contribution >= 4 is 17.2 Å². The fraction of sp³-hybridized carbons (Fsp3) is 0.375. The molecule has 2 aliphatic heterocycles. The lowest BCUT2D eigenvalue weighted by Crippen LogP contribution is -2.49. The third kappa shape index (κ3) is 2.72. The van der Waals surface area contributed by atoms with Crippen LogP contribution >= 0.6 is 0 Å². The van der Waals surface area contributed by atoms with Crippen LogP contribution in [0.15, 0.2) is 54.6 Å². The number of benzene rings is 2. The SMILES string of the molecule is C/C=C1\C(=O)N(C2CCN(C3Cc4ccccc4C3)CC2)c2ccccc21. The average molecular weight is 358 g/mol. The minimum absolute atomic E-state index is 0.186. The van der Waals surface area contributed by atoms with Crippen LogP contribution in [0, 0.1) is 0 Å². The van der Waals surface area contributed by atoms with Crippen LogP contribution < -0.4 is 4.90 Å². The van der Waals surface area contributed by atoms with Gasteiger partial charge in [-0.3, -0.25) is 9.69 Å². The van der Waals surface area contributed by atoms with Crippen molar-refractivity contribution in [2.45, 2.75) is 44.7 Å². The Bertz CT molecular complexity index is 883. The number of carbonyl (C=O) groups excluding carboxylic acids is 1. The van der Waals surface area contributed by atoms with Gasteiger partial charge >= 0.3 is 0 Å². The predicted octanol–water partition coefficient (Wildman–Crippen LogP) is 4.07. The second-order valence-corrected chi connectivity index (χ2v) is 7.99. The topological polar surface area (TPSA) is 23.6 Å². The van der Waals surface area contributed by atoms with Crippen molar-refractivity contribution in [3.05, 3.63) is 71.3 Å². The number of allylic oxidation sites excluding steroid dienone is 1. The van der Waals surface area contributed by atoms with Gasteiger partial charge in [-0.05, 0) is 49.8 Å². The van der Waals surface area contributed by atoms with Gasteiger partial charge in [-0.2, -0.15) is 0 Å². The molecule has 1 aliphatic carbocycles. The van der Waals surface area contributed by atoms with Crippen LogP contribution in [0.5, 0.6) is 0 Å². The monoisotopic (exact) mass is 358 g/mol. The van der Waals surface area contributed by atoms with Crippen LogP contribution in [0.3, 0.4) is 0 Å². The summed E-state index contributed by atoms with van der Waals surface area (Å²) in [6.07, 6.45) is 6.43. The van der Waals surface area contributed by atoms with Crippen LogP contribution in [0.25, 0.3) is 5.57 Å². The zero-order valence-corrected chi connectivity index (χ0v) is 15.9. The van der Waals surface area contributed by atoms with Crippen molar-refractivity contribution < 1.29 is 4.79 Å². The summed E-state index contributed by atoms with van der Waals surface area (Å²) in [5.41, 5.74) is 6.09. The number of para-hydroxylation sites is 1. The lowest BCUT2D eigenvalue weighted by atomic mass is 10.00. The van der Waals surface area contributed by atoms with Gasteiger partial charge in [0.1, 0.15) is 0 Å². The first-order valence-electron chi connectivity index (χ1n) is 10.2. The fourth-order valence-electron chi connectivity index (χ4n) is 5.21. The van der Waals surface area contributed by atoms with E-state index in [1.54, 1.807) is 0 Å². The van der Waals surface area contributed by atoms with Crippen LogP contribution in [-0.4, -0.2) is 36.0 Å². The van der Waals surface area contributed by atoms with E-state index in [9.17, 15) is 4.79 Å². The molecule has 1 amide bonds. The summed E-state index contributed by atoms with van der Waals surface area (Å²) in [5, 5.41) is 0. The van der Waals surface area contributed by atoms with Crippen LogP contribution in [0.1, 0.15) is 36.5 Å². The van der Waals surface area contributed by atoms with E-state index in [1.807, 2.05) is 25.1 Å². The normalized spacial score (nSPS) is 22.5. The maximum absolute atomic E-state index is 13.0. The van der Waals surface area contributed by atoms with Gasteiger partial charge in [0, 0.05) is 36.3 Å². The zero-order chi connectivity index (χ0) is 18.4. The van der Waals surface area contributed by atoms with Gasteiger partial charge in [0.15, 0.2) is 0 Å². The number of piperidine rings is 1. The van der Waals surface area contributed by atoms with Gasteiger partial charge in [0.2, 0.25) is 0 Å². The number of anilines is 1. The van der Waals surface area contributed by atoms with Crippen molar-refractivity contribution in [1.29, 1.82) is 0 Å². The Kier molecular flexibility index (Phi) is 4.13. The number of amides is 1. The van der Waals surface area contributed by atoms with E-state index in [0.29, 0.717) is 12.1 Å². The van der Waals surface area contributed by atoms with E-state index in [4.69, 9.17) is 0 Å². The van der Waals surface area contributed by atoms with Gasteiger partial charge in [-0.15, -0.1) is 0 Å². The summed E-state index contributed by atoms with van der Waals surface area (Å²) >= 11 is 0. The molecule has 1 fully saturated rings. The molecule has 2 aromatic rings. The molecule has 3 nitrogen and oxygen atoms in total. The van der Waals surface area contributed by atoms with Crippen LogP contribution in [-0.2, 0) is 17.6 Å². The van der Waals surface area contributed by atoms with Crippen LogP contribution in [0.2, 0.25) is 0 Å². The molecule has 0 unspecified atom stereocenters. The minimum atomic E-state index is 0.186. The Labute approximate surface area is 161 Å². The highest BCUT2D eigenvalue weighted by Gasteiger charge is 2.38. The summed E-state index contributed by atoms with van der Waals surface area (Å²) in [7, 11) is 0. The van der Waals surface area contributed by atoms with Crippen molar-refractivity contribution in [2.24, 2.45) is 0 Å². The number of rotatable bonds is 2. The van der Waals surface area contributed by atoms with E-state index in [2.05, 4.69) is 46.2 Å². The molecule has 138 valence electrons. The highest BCUT2D eigenvalue weighted by atomic mass is 16.2. The Hall–Kier alpha value is -2.39. The molecule has 0 bridgehead atoms. The number of likely N-dealkylation sites (tertiary alicyclic amines) is 1. The van der Waals surface area contributed by atoms with E-state index in [0.717, 1.165) is 42.8 Å². The first kappa shape index (κ1) is 16.8. The Balaban J connectivity index is 1.30. The maximum atomic E-state index is 13.0. The van der Waals surface area contributed by atoms with Gasteiger partial charge in [0.25, 0.3) is 5.91 Å².